The summed E-state index contributed by atoms with van der Waals surface area (Å²) in [6.07, 6.45) is 5.44. The number of nitrogens with zero attached hydrogens (tertiary/aromatic N) is 3. The topological polar surface area (TPSA) is 77.2 Å². The van der Waals surface area contributed by atoms with Gasteiger partial charge in [0.1, 0.15) is 18.7 Å². The minimum absolute atomic E-state index is 0.125. The first-order valence-corrected chi connectivity index (χ1v) is 5.99. The molecule has 0 aliphatic carbocycles. The first-order chi connectivity index (χ1) is 9.31. The van der Waals surface area contributed by atoms with Crippen LogP contribution in [0.5, 0.6) is 0 Å². The normalized spacial score (nSPS) is 11.9. The molecule has 6 nitrogen and oxygen atoms in total. The van der Waals surface area contributed by atoms with E-state index in [2.05, 4.69) is 9.97 Å². The van der Waals surface area contributed by atoms with Gasteiger partial charge in [0, 0.05) is 18.2 Å². The third-order valence-electron chi connectivity index (χ3n) is 2.67. The molecule has 0 aliphatic rings. The van der Waals surface area contributed by atoms with E-state index in [4.69, 9.17) is 9.84 Å². The van der Waals surface area contributed by atoms with Gasteiger partial charge < -0.3 is 14.4 Å². The molecule has 2 aromatic rings. The van der Waals surface area contributed by atoms with Crippen LogP contribution >= 0.6 is 0 Å². The maximum atomic E-state index is 10.9. The molecule has 0 unspecified atom stereocenters. The second-order valence-electron chi connectivity index (χ2n) is 3.98. The second kappa shape index (κ2) is 6.10. The number of carbonyl (C=O) groups excluding carboxylic acids is 1. The Labute approximate surface area is 110 Å². The number of carbonyl (C=O) groups is 1. The number of fused-ring (bicyclic) bond motifs is 1. The summed E-state index contributed by atoms with van der Waals surface area (Å²) in [6.45, 7) is 3.11. The summed E-state index contributed by atoms with van der Waals surface area (Å²) in [4.78, 5) is 19.1. The van der Waals surface area contributed by atoms with Crippen LogP contribution in [0.1, 0.15) is 19.0 Å². The number of allylic oxidation sites excluding steroid dienone is 1. The standard InChI is InChI=1S/C13H15N3O3/c1-2-5-19-9-16-4-3-11-12(10(6-17)7-18)14-8-15-13(11)16/h3-4,6-8,17H,2,5,9H2,1H3/b10-6+. The molecule has 0 spiro atoms. The van der Waals surface area contributed by atoms with Crippen molar-refractivity contribution in [1.29, 1.82) is 0 Å². The third kappa shape index (κ3) is 2.63. The van der Waals surface area contributed by atoms with E-state index in [1.54, 1.807) is 6.07 Å². The Morgan fingerprint density at radius 3 is 3.05 bits per heavy atom. The molecule has 19 heavy (non-hydrogen) atoms. The number of hydrogen-bond donors (Lipinski definition) is 1. The van der Waals surface area contributed by atoms with E-state index in [0.717, 1.165) is 12.7 Å². The van der Waals surface area contributed by atoms with Crippen LogP contribution in [-0.2, 0) is 16.3 Å². The predicted octanol–water partition coefficient (Wildman–Crippen LogP) is 1.91. The molecule has 0 bridgehead atoms. The molecule has 6 heteroatoms. The lowest BCUT2D eigenvalue weighted by atomic mass is 10.1. The summed E-state index contributed by atoms with van der Waals surface area (Å²) in [6, 6.07) is 1.80. The second-order valence-corrected chi connectivity index (χ2v) is 3.98. The number of ether oxygens (including phenoxy) is 1. The highest BCUT2D eigenvalue weighted by Crippen LogP contribution is 2.21. The lowest BCUT2D eigenvalue weighted by Gasteiger charge is -2.06. The number of aliphatic hydroxyl groups excluding tert-OH is 1. The smallest absolute Gasteiger partial charge is 0.155 e. The van der Waals surface area contributed by atoms with E-state index in [1.807, 2.05) is 17.7 Å². The minimum Gasteiger partial charge on any atom is -0.515 e. The van der Waals surface area contributed by atoms with Gasteiger partial charge in [-0.25, -0.2) is 9.97 Å². The van der Waals surface area contributed by atoms with E-state index in [9.17, 15) is 4.79 Å². The summed E-state index contributed by atoms with van der Waals surface area (Å²) in [7, 11) is 0. The summed E-state index contributed by atoms with van der Waals surface area (Å²) >= 11 is 0. The zero-order valence-corrected chi connectivity index (χ0v) is 10.6. The lowest BCUT2D eigenvalue weighted by molar-refractivity contribution is -0.103. The van der Waals surface area contributed by atoms with E-state index in [0.29, 0.717) is 36.4 Å². The molecule has 0 atom stereocenters. The van der Waals surface area contributed by atoms with Crippen molar-refractivity contribution in [2.45, 2.75) is 20.1 Å². The van der Waals surface area contributed by atoms with Crippen LogP contribution in [0, 0.1) is 0 Å². The highest BCUT2D eigenvalue weighted by Gasteiger charge is 2.11. The van der Waals surface area contributed by atoms with Crippen molar-refractivity contribution in [3.05, 3.63) is 30.5 Å². The highest BCUT2D eigenvalue weighted by atomic mass is 16.5. The fourth-order valence-electron chi connectivity index (χ4n) is 1.79. The van der Waals surface area contributed by atoms with Crippen LogP contribution in [0.25, 0.3) is 16.6 Å². The van der Waals surface area contributed by atoms with Crippen LogP contribution in [0.3, 0.4) is 0 Å². The molecule has 0 radical (unpaired) electrons. The van der Waals surface area contributed by atoms with Gasteiger partial charge in [0.05, 0.1) is 17.5 Å². The Morgan fingerprint density at radius 2 is 2.37 bits per heavy atom. The first kappa shape index (κ1) is 13.2. The maximum absolute atomic E-state index is 10.9. The summed E-state index contributed by atoms with van der Waals surface area (Å²) < 4.78 is 7.29. The molecule has 2 heterocycles. The Kier molecular flexibility index (Phi) is 4.25. The van der Waals surface area contributed by atoms with Crippen LogP contribution in [-0.4, -0.2) is 32.5 Å². The number of aldehydes is 1. The molecule has 100 valence electrons. The Bertz CT molecular complexity index is 604. The third-order valence-corrected chi connectivity index (χ3v) is 2.67. The van der Waals surface area contributed by atoms with Gasteiger partial charge in [-0.15, -0.1) is 0 Å². The molecule has 2 aromatic heterocycles. The van der Waals surface area contributed by atoms with Gasteiger partial charge in [-0.05, 0) is 12.5 Å². The Morgan fingerprint density at radius 1 is 1.53 bits per heavy atom. The zero-order chi connectivity index (χ0) is 13.7. The predicted molar refractivity (Wildman–Crippen MR) is 70.4 cm³/mol. The quantitative estimate of drug-likeness (QED) is 0.372. The SMILES string of the molecule is CCCOCn1ccc2c(/C(C=O)=C/O)ncnc21. The average molecular weight is 261 g/mol. The summed E-state index contributed by atoms with van der Waals surface area (Å²) in [5, 5.41) is 9.74. The molecule has 0 amide bonds. The Hall–Kier alpha value is -2.21. The van der Waals surface area contributed by atoms with Crippen LogP contribution in [0.2, 0.25) is 0 Å². The molecule has 0 saturated carbocycles. The van der Waals surface area contributed by atoms with Gasteiger partial charge in [0.2, 0.25) is 0 Å². The molecule has 0 aromatic carbocycles. The van der Waals surface area contributed by atoms with E-state index >= 15 is 0 Å². The number of hydrogen-bond acceptors (Lipinski definition) is 5. The largest absolute Gasteiger partial charge is 0.515 e. The molecule has 0 fully saturated rings. The molecular weight excluding hydrogens is 246 g/mol. The monoisotopic (exact) mass is 261 g/mol. The van der Waals surface area contributed by atoms with Gasteiger partial charge in [-0.1, -0.05) is 6.92 Å². The Balaban J connectivity index is 2.39. The van der Waals surface area contributed by atoms with Gasteiger partial charge in [0.15, 0.2) is 6.29 Å². The van der Waals surface area contributed by atoms with Crippen molar-refractivity contribution in [3.8, 4) is 0 Å². The van der Waals surface area contributed by atoms with Gasteiger partial charge >= 0.3 is 0 Å². The van der Waals surface area contributed by atoms with Crippen LogP contribution in [0.15, 0.2) is 24.9 Å². The van der Waals surface area contributed by atoms with E-state index in [1.165, 1.54) is 6.33 Å². The van der Waals surface area contributed by atoms with Crippen molar-refractivity contribution >= 4 is 22.9 Å². The molecule has 0 saturated heterocycles. The minimum atomic E-state index is 0.125. The van der Waals surface area contributed by atoms with E-state index < -0.39 is 0 Å². The first-order valence-electron chi connectivity index (χ1n) is 5.99. The zero-order valence-electron chi connectivity index (χ0n) is 10.6. The summed E-state index contributed by atoms with van der Waals surface area (Å²) in [5.74, 6) is 0. The van der Waals surface area contributed by atoms with Crippen molar-refractivity contribution in [3.63, 3.8) is 0 Å². The van der Waals surface area contributed by atoms with Crippen molar-refractivity contribution in [2.24, 2.45) is 0 Å². The van der Waals surface area contributed by atoms with Crippen molar-refractivity contribution < 1.29 is 14.6 Å². The fraction of sp³-hybridized carbons (Fsp3) is 0.308. The van der Waals surface area contributed by atoms with Crippen molar-refractivity contribution in [2.75, 3.05) is 6.61 Å². The van der Waals surface area contributed by atoms with Crippen LogP contribution in [0.4, 0.5) is 0 Å². The lowest BCUT2D eigenvalue weighted by Crippen LogP contribution is -2.03. The molecular formula is C13H15N3O3. The molecule has 2 rings (SSSR count). The van der Waals surface area contributed by atoms with Gasteiger partial charge in [0.25, 0.3) is 0 Å². The van der Waals surface area contributed by atoms with Crippen molar-refractivity contribution in [1.82, 2.24) is 14.5 Å². The van der Waals surface area contributed by atoms with Crippen LogP contribution < -0.4 is 0 Å². The fourth-order valence-corrected chi connectivity index (χ4v) is 1.79. The molecule has 0 aliphatic heterocycles. The van der Waals surface area contributed by atoms with Gasteiger partial charge in [-0.3, -0.25) is 4.79 Å². The molecule has 1 N–H and O–H groups in total. The van der Waals surface area contributed by atoms with Gasteiger partial charge in [-0.2, -0.15) is 0 Å². The van der Waals surface area contributed by atoms with E-state index in [-0.39, 0.29) is 5.57 Å². The highest BCUT2D eigenvalue weighted by molar-refractivity contribution is 6.10. The maximum Gasteiger partial charge on any atom is 0.155 e. The summed E-state index contributed by atoms with van der Waals surface area (Å²) in [5.41, 5.74) is 1.21. The number of rotatable bonds is 6. The number of aliphatic hydroxyl groups is 1. The number of aromatic nitrogens is 3. The average Bonchev–Trinajstić information content (AvgIpc) is 2.85.